The number of hydrogen-bond acceptors (Lipinski definition) is 5. The lowest BCUT2D eigenvalue weighted by Crippen LogP contribution is -2.62. The summed E-state index contributed by atoms with van der Waals surface area (Å²) in [6.45, 7) is 2.67. The Morgan fingerprint density at radius 1 is 0.917 bits per heavy atom. The maximum absolute atomic E-state index is 13.3. The molecule has 4 aliphatic heterocycles. The minimum Gasteiger partial charge on any atom is -0.378 e. The molecule has 36 heavy (non-hydrogen) atoms. The first-order valence-electron chi connectivity index (χ1n) is 12.7. The lowest BCUT2D eigenvalue weighted by Gasteiger charge is -2.52. The molecule has 3 unspecified atom stereocenters. The first-order chi connectivity index (χ1) is 17.6. The van der Waals surface area contributed by atoms with Gasteiger partial charge in [-0.25, -0.2) is 0 Å². The van der Waals surface area contributed by atoms with Crippen molar-refractivity contribution in [3.63, 3.8) is 0 Å². The number of carbonyl (C=O) groups is 3. The van der Waals surface area contributed by atoms with Crippen molar-refractivity contribution in [1.29, 1.82) is 0 Å². The van der Waals surface area contributed by atoms with Gasteiger partial charge < -0.3 is 4.74 Å². The van der Waals surface area contributed by atoms with Crippen molar-refractivity contribution in [2.24, 2.45) is 0 Å². The number of benzene rings is 3. The largest absolute Gasteiger partial charge is 0.378 e. The molecule has 3 fully saturated rings. The molecule has 3 saturated heterocycles. The van der Waals surface area contributed by atoms with Crippen LogP contribution in [0.5, 0.6) is 0 Å². The van der Waals surface area contributed by atoms with E-state index in [2.05, 4.69) is 46.6 Å². The number of nitrogens with zero attached hydrogens (tertiary/aromatic N) is 2. The fourth-order valence-corrected chi connectivity index (χ4v) is 6.32. The van der Waals surface area contributed by atoms with Gasteiger partial charge in [0.05, 0.1) is 18.9 Å². The molecule has 0 aromatic heterocycles. The molecule has 3 aromatic rings. The molecule has 3 atom stereocenters. The van der Waals surface area contributed by atoms with E-state index in [9.17, 15) is 14.4 Å². The van der Waals surface area contributed by atoms with Crippen LogP contribution in [0, 0.1) is 0 Å². The maximum Gasteiger partial charge on any atom is 0.259 e. The van der Waals surface area contributed by atoms with Gasteiger partial charge in [0.1, 0.15) is 6.04 Å². The highest BCUT2D eigenvalue weighted by atomic mass is 16.5. The molecule has 7 heteroatoms. The highest BCUT2D eigenvalue weighted by Gasteiger charge is 2.42. The highest BCUT2D eigenvalue weighted by molar-refractivity contribution is 6.27. The summed E-state index contributed by atoms with van der Waals surface area (Å²) in [6.07, 6.45) is 2.59. The van der Waals surface area contributed by atoms with E-state index in [0.29, 0.717) is 24.1 Å². The molecular weight excluding hydrogens is 454 g/mol. The summed E-state index contributed by atoms with van der Waals surface area (Å²) in [5.41, 5.74) is 5.06. The first-order valence-corrected chi connectivity index (χ1v) is 12.7. The normalized spacial score (nSPS) is 25.3. The van der Waals surface area contributed by atoms with Crippen LogP contribution < -0.4 is 10.2 Å². The Morgan fingerprint density at radius 2 is 1.69 bits per heavy atom. The number of imide groups is 1. The summed E-state index contributed by atoms with van der Waals surface area (Å²) in [6, 6.07) is 19.1. The Labute approximate surface area is 209 Å². The smallest absolute Gasteiger partial charge is 0.259 e. The van der Waals surface area contributed by atoms with Crippen LogP contribution in [0.25, 0.3) is 10.8 Å². The number of nitrogens with one attached hydrogen (secondary N) is 1. The second-order valence-corrected chi connectivity index (χ2v) is 10.4. The molecule has 0 radical (unpaired) electrons. The highest BCUT2D eigenvalue weighted by Crippen LogP contribution is 2.41. The summed E-state index contributed by atoms with van der Waals surface area (Å²) >= 11 is 0. The van der Waals surface area contributed by atoms with E-state index in [1.54, 1.807) is 4.90 Å². The van der Waals surface area contributed by atoms with Crippen molar-refractivity contribution in [3.8, 4) is 0 Å². The van der Waals surface area contributed by atoms with Gasteiger partial charge in [-0.2, -0.15) is 0 Å². The molecule has 0 saturated carbocycles. The molecule has 2 bridgehead atoms. The number of anilines is 1. The molecule has 4 heterocycles. The van der Waals surface area contributed by atoms with Crippen LogP contribution in [0.3, 0.4) is 0 Å². The number of carbonyl (C=O) groups excluding carboxylic acids is 3. The Hall–Kier alpha value is -3.55. The summed E-state index contributed by atoms with van der Waals surface area (Å²) in [7, 11) is 0. The topological polar surface area (TPSA) is 79.0 Å². The van der Waals surface area contributed by atoms with Crippen LogP contribution in [0.1, 0.15) is 46.3 Å². The van der Waals surface area contributed by atoms with Crippen molar-refractivity contribution in [3.05, 3.63) is 76.9 Å². The third-order valence-electron chi connectivity index (χ3n) is 8.22. The van der Waals surface area contributed by atoms with E-state index in [1.165, 1.54) is 17.5 Å². The predicted octanol–water partition coefficient (Wildman–Crippen LogP) is 3.17. The average Bonchev–Trinajstić information content (AvgIpc) is 3.18. The third-order valence-corrected chi connectivity index (χ3v) is 8.22. The number of morpholine rings is 1. The predicted molar refractivity (Wildman–Crippen MR) is 135 cm³/mol. The second kappa shape index (κ2) is 8.25. The van der Waals surface area contributed by atoms with Crippen molar-refractivity contribution in [1.82, 2.24) is 10.2 Å². The fourth-order valence-electron chi connectivity index (χ4n) is 6.32. The van der Waals surface area contributed by atoms with Crippen LogP contribution >= 0.6 is 0 Å². The van der Waals surface area contributed by atoms with Crippen molar-refractivity contribution in [2.75, 3.05) is 18.1 Å². The number of hydrogen-bond donors (Lipinski definition) is 1. The number of piperidine rings is 1. The van der Waals surface area contributed by atoms with Crippen LogP contribution in [0.2, 0.25) is 0 Å². The molecule has 0 spiro atoms. The van der Waals surface area contributed by atoms with Crippen LogP contribution in [0.15, 0.2) is 54.6 Å². The number of amides is 3. The lowest BCUT2D eigenvalue weighted by atomic mass is 9.90. The average molecular weight is 482 g/mol. The number of fused-ring (bicyclic) bond motifs is 2. The molecule has 182 valence electrons. The van der Waals surface area contributed by atoms with Gasteiger partial charge in [0.2, 0.25) is 11.8 Å². The molecule has 7 nitrogen and oxygen atoms in total. The SMILES string of the molecule is O=C1CCC(N2C(=O)c3cccc4c(Cc5ccc(CN6C7COCC6C7)cc5)ccc2c34)C(=O)N1. The Morgan fingerprint density at radius 3 is 2.44 bits per heavy atom. The van der Waals surface area contributed by atoms with Gasteiger partial charge in [-0.3, -0.25) is 29.5 Å². The third kappa shape index (κ3) is 3.38. The van der Waals surface area contributed by atoms with Crippen molar-refractivity contribution in [2.45, 2.75) is 50.4 Å². The Balaban J connectivity index is 1.15. The molecule has 3 amide bonds. The standard InChI is InChI=1S/C29H27N3O4/c33-26-11-10-25(28(34)30-26)32-24-9-8-19(22-2-1-3-23(27(22)24)29(32)35)12-17-4-6-18(7-5-17)14-31-20-13-21(31)16-36-15-20/h1-9,20-21,25H,10-16H2,(H,30,33,34). The molecule has 7 rings (SSSR count). The fraction of sp³-hybridized carbons (Fsp3) is 0.345. The lowest BCUT2D eigenvalue weighted by molar-refractivity contribution is -0.134. The Kier molecular flexibility index (Phi) is 4.98. The van der Waals surface area contributed by atoms with Crippen LogP contribution in [0.4, 0.5) is 5.69 Å². The van der Waals surface area contributed by atoms with E-state index in [4.69, 9.17) is 4.74 Å². The molecular formula is C29H27N3O4. The number of ether oxygens (including phenoxy) is 1. The summed E-state index contributed by atoms with van der Waals surface area (Å²) < 4.78 is 5.60. The molecule has 0 aliphatic carbocycles. The van der Waals surface area contributed by atoms with Gasteiger partial charge in [0, 0.05) is 36.0 Å². The van der Waals surface area contributed by atoms with E-state index in [-0.39, 0.29) is 18.2 Å². The molecule has 4 aliphatic rings. The first kappa shape index (κ1) is 21.7. The van der Waals surface area contributed by atoms with Crippen molar-refractivity contribution < 1.29 is 19.1 Å². The van der Waals surface area contributed by atoms with Crippen LogP contribution in [-0.4, -0.2) is 54.0 Å². The zero-order valence-electron chi connectivity index (χ0n) is 19.9. The minimum absolute atomic E-state index is 0.173. The molecule has 1 N–H and O–H groups in total. The van der Waals surface area contributed by atoms with Gasteiger partial charge in [-0.05, 0) is 53.5 Å². The van der Waals surface area contributed by atoms with Gasteiger partial charge in [0.25, 0.3) is 5.91 Å². The van der Waals surface area contributed by atoms with Crippen LogP contribution in [-0.2, 0) is 27.3 Å². The minimum atomic E-state index is -0.665. The van der Waals surface area contributed by atoms with E-state index >= 15 is 0 Å². The number of rotatable bonds is 5. The zero-order chi connectivity index (χ0) is 24.4. The van der Waals surface area contributed by atoms with Gasteiger partial charge in [-0.1, -0.05) is 42.5 Å². The van der Waals surface area contributed by atoms with E-state index in [0.717, 1.165) is 48.2 Å². The molecule has 3 aromatic carbocycles. The zero-order valence-corrected chi connectivity index (χ0v) is 19.9. The monoisotopic (exact) mass is 481 g/mol. The van der Waals surface area contributed by atoms with E-state index < -0.39 is 11.9 Å². The Bertz CT molecular complexity index is 1400. The van der Waals surface area contributed by atoms with Gasteiger partial charge in [0.15, 0.2) is 0 Å². The summed E-state index contributed by atoms with van der Waals surface area (Å²) in [5, 5.41) is 4.31. The quantitative estimate of drug-likeness (QED) is 0.567. The summed E-state index contributed by atoms with van der Waals surface area (Å²) in [4.78, 5) is 41.7. The van der Waals surface area contributed by atoms with Gasteiger partial charge in [-0.15, -0.1) is 0 Å². The van der Waals surface area contributed by atoms with Gasteiger partial charge >= 0.3 is 0 Å². The second-order valence-electron chi connectivity index (χ2n) is 10.4. The van der Waals surface area contributed by atoms with E-state index in [1.807, 2.05) is 18.2 Å². The summed E-state index contributed by atoms with van der Waals surface area (Å²) in [5.74, 6) is -0.861. The van der Waals surface area contributed by atoms with Crippen molar-refractivity contribution >= 4 is 34.2 Å². The maximum atomic E-state index is 13.3.